The minimum atomic E-state index is -0.463. The second-order valence-electron chi connectivity index (χ2n) is 5.17. The van der Waals surface area contributed by atoms with Crippen LogP contribution in [0, 0.1) is 0 Å². The maximum atomic E-state index is 11.9. The van der Waals surface area contributed by atoms with Gasteiger partial charge in [0.25, 0.3) is 5.91 Å². The van der Waals surface area contributed by atoms with Crippen molar-refractivity contribution in [1.82, 2.24) is 5.43 Å². The quantitative estimate of drug-likeness (QED) is 0.489. The first-order chi connectivity index (χ1) is 12.5. The van der Waals surface area contributed by atoms with E-state index in [4.69, 9.17) is 44.3 Å². The minimum absolute atomic E-state index is 0.190. The van der Waals surface area contributed by atoms with Crippen LogP contribution in [-0.2, 0) is 4.79 Å². The average molecular weight is 416 g/mol. The fourth-order valence-corrected chi connectivity index (χ4v) is 2.87. The van der Waals surface area contributed by atoms with Crippen molar-refractivity contribution in [3.8, 4) is 11.5 Å². The molecule has 0 unspecified atom stereocenters. The Labute approximate surface area is 166 Å². The molecule has 1 N–H and O–H groups in total. The molecule has 0 aliphatic carbocycles. The van der Waals surface area contributed by atoms with E-state index in [-0.39, 0.29) is 22.4 Å². The molecule has 0 spiro atoms. The number of nitrogens with zero attached hydrogens (tertiary/aromatic N) is 1. The van der Waals surface area contributed by atoms with Crippen molar-refractivity contribution < 1.29 is 14.3 Å². The molecule has 2 aromatic rings. The van der Waals surface area contributed by atoms with Gasteiger partial charge in [0.2, 0.25) is 0 Å². The van der Waals surface area contributed by atoms with Crippen molar-refractivity contribution in [1.29, 1.82) is 0 Å². The molecule has 0 saturated heterocycles. The first kappa shape index (κ1) is 20.4. The van der Waals surface area contributed by atoms with Crippen molar-refractivity contribution in [2.75, 3.05) is 13.2 Å². The van der Waals surface area contributed by atoms with E-state index in [0.29, 0.717) is 17.4 Å². The third-order valence-electron chi connectivity index (χ3n) is 3.08. The minimum Gasteiger partial charge on any atom is -0.493 e. The number of halogens is 3. The van der Waals surface area contributed by atoms with Gasteiger partial charge in [-0.3, -0.25) is 4.79 Å². The summed E-state index contributed by atoms with van der Waals surface area (Å²) in [7, 11) is 0. The fraction of sp³-hybridized carbons (Fsp3) is 0.222. The first-order valence-electron chi connectivity index (χ1n) is 7.82. The number of para-hydroxylation sites is 1. The fourth-order valence-electron chi connectivity index (χ4n) is 1.94. The van der Waals surface area contributed by atoms with Crippen LogP contribution in [0.15, 0.2) is 41.5 Å². The van der Waals surface area contributed by atoms with Crippen LogP contribution >= 0.6 is 34.8 Å². The zero-order valence-corrected chi connectivity index (χ0v) is 16.2. The maximum Gasteiger partial charge on any atom is 0.277 e. The van der Waals surface area contributed by atoms with Crippen molar-refractivity contribution in [2.45, 2.75) is 13.3 Å². The monoisotopic (exact) mass is 414 g/mol. The van der Waals surface area contributed by atoms with Crippen molar-refractivity contribution >= 4 is 46.9 Å². The number of benzene rings is 2. The van der Waals surface area contributed by atoms with Gasteiger partial charge in [0.1, 0.15) is 5.75 Å². The predicted molar refractivity (Wildman–Crippen MR) is 105 cm³/mol. The van der Waals surface area contributed by atoms with Crippen LogP contribution in [0.1, 0.15) is 18.9 Å². The molecule has 0 saturated carbocycles. The molecule has 2 rings (SSSR count). The Kier molecular flexibility index (Phi) is 8.04. The van der Waals surface area contributed by atoms with Crippen molar-refractivity contribution in [3.05, 3.63) is 57.0 Å². The number of hydrazone groups is 1. The Morgan fingerprint density at radius 3 is 2.54 bits per heavy atom. The summed E-state index contributed by atoms with van der Waals surface area (Å²) in [6.45, 7) is 2.33. The van der Waals surface area contributed by atoms with Gasteiger partial charge in [-0.2, -0.15) is 5.10 Å². The molecule has 138 valence electrons. The number of nitrogens with one attached hydrogen (secondary N) is 1. The Balaban J connectivity index is 1.90. The molecule has 2 aromatic carbocycles. The predicted octanol–water partition coefficient (Wildman–Crippen LogP) is 4.96. The van der Waals surface area contributed by atoms with Crippen LogP contribution in [0.25, 0.3) is 0 Å². The summed E-state index contributed by atoms with van der Waals surface area (Å²) in [4.78, 5) is 11.9. The molecule has 5 nitrogen and oxygen atoms in total. The summed E-state index contributed by atoms with van der Waals surface area (Å²) in [5, 5.41) is 4.74. The van der Waals surface area contributed by atoms with E-state index in [9.17, 15) is 4.79 Å². The zero-order chi connectivity index (χ0) is 18.9. The first-order valence-corrected chi connectivity index (χ1v) is 8.95. The van der Waals surface area contributed by atoms with Gasteiger partial charge in [-0.1, -0.05) is 53.9 Å². The number of hydrogen-bond acceptors (Lipinski definition) is 4. The summed E-state index contributed by atoms with van der Waals surface area (Å²) in [5.41, 5.74) is 3.13. The van der Waals surface area contributed by atoms with E-state index in [1.54, 1.807) is 0 Å². The standard InChI is InChI=1S/C18H17Cl3N2O3/c1-2-7-25-16-6-4-3-5-12(16)10-22-23-17(24)11-26-18-14(20)8-13(19)9-15(18)21/h3-6,8-10H,2,7,11H2,1H3,(H,23,24). The van der Waals surface area contributed by atoms with Crippen molar-refractivity contribution in [3.63, 3.8) is 0 Å². The number of carbonyl (C=O) groups excluding carboxylic acids is 1. The molecule has 0 heterocycles. The van der Waals surface area contributed by atoms with E-state index < -0.39 is 5.91 Å². The lowest BCUT2D eigenvalue weighted by atomic mass is 10.2. The van der Waals surface area contributed by atoms with E-state index in [1.165, 1.54) is 18.3 Å². The lowest BCUT2D eigenvalue weighted by Gasteiger charge is -2.09. The number of ether oxygens (including phenoxy) is 2. The third kappa shape index (κ3) is 6.09. The van der Waals surface area contributed by atoms with Crippen LogP contribution in [0.2, 0.25) is 15.1 Å². The van der Waals surface area contributed by atoms with Gasteiger partial charge in [-0.05, 0) is 30.7 Å². The Hall–Kier alpha value is -1.95. The van der Waals surface area contributed by atoms with Gasteiger partial charge in [-0.15, -0.1) is 0 Å². The van der Waals surface area contributed by atoms with E-state index in [2.05, 4.69) is 10.5 Å². The summed E-state index contributed by atoms with van der Waals surface area (Å²) < 4.78 is 10.9. The van der Waals surface area contributed by atoms with Crippen LogP contribution in [-0.4, -0.2) is 25.3 Å². The van der Waals surface area contributed by atoms with E-state index in [1.807, 2.05) is 31.2 Å². The van der Waals surface area contributed by atoms with Gasteiger partial charge in [0.15, 0.2) is 12.4 Å². The Morgan fingerprint density at radius 1 is 1.15 bits per heavy atom. The van der Waals surface area contributed by atoms with Crippen LogP contribution in [0.5, 0.6) is 11.5 Å². The van der Waals surface area contributed by atoms with Crippen molar-refractivity contribution in [2.24, 2.45) is 5.10 Å². The van der Waals surface area contributed by atoms with Gasteiger partial charge in [-0.25, -0.2) is 5.43 Å². The average Bonchev–Trinajstić information content (AvgIpc) is 2.60. The molecule has 1 amide bonds. The lowest BCUT2D eigenvalue weighted by Crippen LogP contribution is -2.24. The number of carbonyl (C=O) groups is 1. The highest BCUT2D eigenvalue weighted by Gasteiger charge is 2.11. The molecule has 26 heavy (non-hydrogen) atoms. The molecule has 0 aliphatic rings. The third-order valence-corrected chi connectivity index (χ3v) is 3.86. The summed E-state index contributed by atoms with van der Waals surface area (Å²) in [5.74, 6) is 0.425. The normalized spacial score (nSPS) is 10.8. The maximum absolute atomic E-state index is 11.9. The molecule has 8 heteroatoms. The van der Waals surface area contributed by atoms with E-state index >= 15 is 0 Å². The van der Waals surface area contributed by atoms with Crippen LogP contribution in [0.4, 0.5) is 0 Å². The molecule has 0 bridgehead atoms. The van der Waals surface area contributed by atoms with Gasteiger partial charge in [0.05, 0.1) is 22.9 Å². The number of hydrogen-bond donors (Lipinski definition) is 1. The molecular formula is C18H17Cl3N2O3. The molecule has 0 atom stereocenters. The number of amides is 1. The molecule has 0 radical (unpaired) electrons. The Bertz CT molecular complexity index is 774. The van der Waals surface area contributed by atoms with Gasteiger partial charge < -0.3 is 9.47 Å². The SMILES string of the molecule is CCCOc1ccccc1C=NNC(=O)COc1c(Cl)cc(Cl)cc1Cl. The molecule has 0 fully saturated rings. The summed E-state index contributed by atoms with van der Waals surface area (Å²) in [6.07, 6.45) is 2.40. The highest BCUT2D eigenvalue weighted by molar-refractivity contribution is 6.40. The highest BCUT2D eigenvalue weighted by Crippen LogP contribution is 2.35. The second-order valence-corrected chi connectivity index (χ2v) is 6.42. The number of rotatable bonds is 8. The Morgan fingerprint density at radius 2 is 1.85 bits per heavy atom. The molecular weight excluding hydrogens is 399 g/mol. The summed E-state index contributed by atoms with van der Waals surface area (Å²) in [6, 6.07) is 10.4. The zero-order valence-electron chi connectivity index (χ0n) is 14.0. The molecule has 0 aromatic heterocycles. The highest BCUT2D eigenvalue weighted by atomic mass is 35.5. The van der Waals surface area contributed by atoms with Crippen LogP contribution in [0.3, 0.4) is 0 Å². The molecule has 0 aliphatic heterocycles. The largest absolute Gasteiger partial charge is 0.493 e. The van der Waals surface area contributed by atoms with Gasteiger partial charge >= 0.3 is 0 Å². The second kappa shape index (κ2) is 10.3. The summed E-state index contributed by atoms with van der Waals surface area (Å²) >= 11 is 17.8. The smallest absolute Gasteiger partial charge is 0.277 e. The topological polar surface area (TPSA) is 59.9 Å². The van der Waals surface area contributed by atoms with E-state index in [0.717, 1.165) is 12.0 Å². The van der Waals surface area contributed by atoms with Gasteiger partial charge in [0, 0.05) is 10.6 Å². The van der Waals surface area contributed by atoms with Crippen LogP contribution < -0.4 is 14.9 Å². The lowest BCUT2D eigenvalue weighted by molar-refractivity contribution is -0.123.